The molecule has 0 spiro atoms. The third-order valence-electron chi connectivity index (χ3n) is 2.26. The Kier molecular flexibility index (Phi) is 6.16. The minimum absolute atomic E-state index is 0.370. The van der Waals surface area contributed by atoms with E-state index in [-0.39, 0.29) is 0 Å². The molecule has 2 atom stereocenters. The summed E-state index contributed by atoms with van der Waals surface area (Å²) in [5.41, 5.74) is 1.02. The van der Waals surface area contributed by atoms with Gasteiger partial charge in [0.05, 0.1) is 5.69 Å². The molecular formula is C11H17BrN2OS. The molecule has 0 amide bonds. The van der Waals surface area contributed by atoms with Gasteiger partial charge >= 0.3 is 0 Å². The SMILES string of the molecule is CC(CCS(C)=O)NCc1ccc(Br)cn1. The van der Waals surface area contributed by atoms with Crippen molar-refractivity contribution in [3.05, 3.63) is 28.5 Å². The van der Waals surface area contributed by atoms with Crippen molar-refractivity contribution in [1.29, 1.82) is 0 Å². The number of hydrogen-bond acceptors (Lipinski definition) is 3. The van der Waals surface area contributed by atoms with E-state index in [1.165, 1.54) is 0 Å². The van der Waals surface area contributed by atoms with Crippen LogP contribution >= 0.6 is 15.9 Å². The summed E-state index contributed by atoms with van der Waals surface area (Å²) in [4.78, 5) is 4.28. The van der Waals surface area contributed by atoms with Gasteiger partial charge in [-0.15, -0.1) is 0 Å². The molecule has 1 rings (SSSR count). The van der Waals surface area contributed by atoms with Gasteiger partial charge in [0.25, 0.3) is 0 Å². The highest BCUT2D eigenvalue weighted by atomic mass is 79.9. The van der Waals surface area contributed by atoms with Crippen LogP contribution in [-0.4, -0.2) is 27.2 Å². The average molecular weight is 305 g/mol. The fourth-order valence-corrected chi connectivity index (χ4v) is 2.15. The Morgan fingerprint density at radius 2 is 2.31 bits per heavy atom. The molecule has 5 heteroatoms. The summed E-state index contributed by atoms with van der Waals surface area (Å²) in [5, 5.41) is 3.36. The van der Waals surface area contributed by atoms with Crippen molar-refractivity contribution in [2.24, 2.45) is 0 Å². The highest BCUT2D eigenvalue weighted by molar-refractivity contribution is 9.10. The van der Waals surface area contributed by atoms with Gasteiger partial charge in [0.15, 0.2) is 0 Å². The van der Waals surface area contributed by atoms with Crippen molar-refractivity contribution >= 4 is 26.7 Å². The Morgan fingerprint density at radius 3 is 2.88 bits per heavy atom. The van der Waals surface area contributed by atoms with Crippen LogP contribution in [0, 0.1) is 0 Å². The van der Waals surface area contributed by atoms with Crippen molar-refractivity contribution < 1.29 is 4.21 Å². The van der Waals surface area contributed by atoms with E-state index >= 15 is 0 Å². The van der Waals surface area contributed by atoms with Gasteiger partial charge in [-0.05, 0) is 41.4 Å². The summed E-state index contributed by atoms with van der Waals surface area (Å²) >= 11 is 3.35. The zero-order valence-electron chi connectivity index (χ0n) is 9.57. The minimum atomic E-state index is -0.699. The second-order valence-corrected chi connectivity index (χ2v) is 6.29. The summed E-state index contributed by atoms with van der Waals surface area (Å²) in [6.45, 7) is 2.86. The quantitative estimate of drug-likeness (QED) is 0.875. The van der Waals surface area contributed by atoms with Crippen molar-refractivity contribution in [2.75, 3.05) is 12.0 Å². The Hall–Kier alpha value is -0.260. The van der Waals surface area contributed by atoms with E-state index in [9.17, 15) is 4.21 Å². The second kappa shape index (κ2) is 7.14. The van der Waals surface area contributed by atoms with Crippen molar-refractivity contribution in [3.8, 4) is 0 Å². The molecule has 2 unspecified atom stereocenters. The molecule has 0 aliphatic heterocycles. The first-order valence-electron chi connectivity index (χ1n) is 5.22. The van der Waals surface area contributed by atoms with Gasteiger partial charge < -0.3 is 5.32 Å². The van der Waals surface area contributed by atoms with Crippen LogP contribution in [0.3, 0.4) is 0 Å². The largest absolute Gasteiger partial charge is 0.309 e. The lowest BCUT2D eigenvalue weighted by Crippen LogP contribution is -2.27. The van der Waals surface area contributed by atoms with E-state index in [0.29, 0.717) is 6.04 Å². The molecule has 1 aromatic heterocycles. The monoisotopic (exact) mass is 304 g/mol. The number of hydrogen-bond donors (Lipinski definition) is 1. The topological polar surface area (TPSA) is 42.0 Å². The molecular weight excluding hydrogens is 288 g/mol. The second-order valence-electron chi connectivity index (χ2n) is 3.82. The summed E-state index contributed by atoms with van der Waals surface area (Å²) in [5.74, 6) is 0.752. The first-order chi connectivity index (χ1) is 7.58. The molecule has 0 bridgehead atoms. The predicted molar refractivity (Wildman–Crippen MR) is 71.8 cm³/mol. The highest BCUT2D eigenvalue weighted by Gasteiger charge is 2.03. The van der Waals surface area contributed by atoms with E-state index < -0.39 is 10.8 Å². The van der Waals surface area contributed by atoms with Crippen molar-refractivity contribution in [2.45, 2.75) is 25.9 Å². The lowest BCUT2D eigenvalue weighted by atomic mass is 10.2. The number of halogens is 1. The van der Waals surface area contributed by atoms with Gasteiger partial charge in [-0.3, -0.25) is 9.19 Å². The summed E-state index contributed by atoms with van der Waals surface area (Å²) < 4.78 is 11.9. The molecule has 1 heterocycles. The number of nitrogens with zero attached hydrogens (tertiary/aromatic N) is 1. The number of rotatable bonds is 6. The Morgan fingerprint density at radius 1 is 1.56 bits per heavy atom. The van der Waals surface area contributed by atoms with E-state index in [0.717, 1.165) is 28.9 Å². The van der Waals surface area contributed by atoms with Crippen LogP contribution in [0.4, 0.5) is 0 Å². The summed E-state index contributed by atoms with van der Waals surface area (Å²) in [6, 6.07) is 4.34. The van der Waals surface area contributed by atoms with E-state index in [1.807, 2.05) is 12.1 Å². The van der Waals surface area contributed by atoms with Crippen LogP contribution < -0.4 is 5.32 Å². The standard InChI is InChI=1S/C11H17BrN2OS/c1-9(5-6-16(2)15)13-8-11-4-3-10(12)7-14-11/h3-4,7,9,13H,5-6,8H2,1-2H3. The third-order valence-corrected chi connectivity index (χ3v) is 3.54. The van der Waals surface area contributed by atoms with Crippen LogP contribution in [0.2, 0.25) is 0 Å². The van der Waals surface area contributed by atoms with Gasteiger partial charge in [0.2, 0.25) is 0 Å². The maximum Gasteiger partial charge on any atom is 0.0542 e. The Bertz CT molecular complexity index is 342. The van der Waals surface area contributed by atoms with Crippen LogP contribution in [-0.2, 0) is 17.3 Å². The molecule has 1 N–H and O–H groups in total. The van der Waals surface area contributed by atoms with Gasteiger partial charge in [0.1, 0.15) is 0 Å². The molecule has 0 aliphatic rings. The van der Waals surface area contributed by atoms with Crippen molar-refractivity contribution in [3.63, 3.8) is 0 Å². The zero-order chi connectivity index (χ0) is 12.0. The van der Waals surface area contributed by atoms with Crippen LogP contribution in [0.25, 0.3) is 0 Å². The molecule has 0 saturated carbocycles. The van der Waals surface area contributed by atoms with Gasteiger partial charge in [0, 0.05) is 46.1 Å². The molecule has 0 aromatic carbocycles. The Balaban J connectivity index is 2.28. The van der Waals surface area contributed by atoms with Gasteiger partial charge in [-0.25, -0.2) is 0 Å². The molecule has 1 aromatic rings. The third kappa shape index (κ3) is 5.72. The van der Waals surface area contributed by atoms with Crippen LogP contribution in [0.15, 0.2) is 22.8 Å². The molecule has 0 saturated heterocycles. The van der Waals surface area contributed by atoms with Gasteiger partial charge in [-0.2, -0.15) is 0 Å². The first-order valence-corrected chi connectivity index (χ1v) is 7.74. The molecule has 90 valence electrons. The Labute approximate surface area is 108 Å². The number of aromatic nitrogens is 1. The highest BCUT2D eigenvalue weighted by Crippen LogP contribution is 2.07. The van der Waals surface area contributed by atoms with Crippen LogP contribution in [0.1, 0.15) is 19.0 Å². The lowest BCUT2D eigenvalue weighted by Gasteiger charge is -2.12. The number of nitrogens with one attached hydrogen (secondary N) is 1. The average Bonchev–Trinajstić information content (AvgIpc) is 2.25. The summed E-state index contributed by atoms with van der Waals surface area (Å²) in [6.07, 6.45) is 4.46. The minimum Gasteiger partial charge on any atom is -0.309 e. The molecule has 0 radical (unpaired) electrons. The lowest BCUT2D eigenvalue weighted by molar-refractivity contribution is 0.530. The predicted octanol–water partition coefficient (Wildman–Crippen LogP) is 2.09. The fourth-order valence-electron chi connectivity index (χ4n) is 1.23. The molecule has 0 aliphatic carbocycles. The molecule has 3 nitrogen and oxygen atoms in total. The smallest absolute Gasteiger partial charge is 0.0542 e. The molecule has 0 fully saturated rings. The van der Waals surface area contributed by atoms with E-state index in [2.05, 4.69) is 33.2 Å². The fraction of sp³-hybridized carbons (Fsp3) is 0.545. The zero-order valence-corrected chi connectivity index (χ0v) is 12.0. The van der Waals surface area contributed by atoms with E-state index in [1.54, 1.807) is 12.5 Å². The molecule has 16 heavy (non-hydrogen) atoms. The maximum atomic E-state index is 10.9. The maximum absolute atomic E-state index is 10.9. The van der Waals surface area contributed by atoms with Crippen molar-refractivity contribution in [1.82, 2.24) is 10.3 Å². The van der Waals surface area contributed by atoms with Gasteiger partial charge in [-0.1, -0.05) is 0 Å². The van der Waals surface area contributed by atoms with Crippen LogP contribution in [0.5, 0.6) is 0 Å². The van der Waals surface area contributed by atoms with E-state index in [4.69, 9.17) is 0 Å². The normalized spacial score (nSPS) is 14.7. The number of pyridine rings is 1. The summed E-state index contributed by atoms with van der Waals surface area (Å²) in [7, 11) is -0.699. The first kappa shape index (κ1) is 13.8.